The highest BCUT2D eigenvalue weighted by molar-refractivity contribution is 7.89. The largest absolute Gasteiger partial charge is 0.480 e. The summed E-state index contributed by atoms with van der Waals surface area (Å²) in [5.41, 5.74) is 0. The van der Waals surface area contributed by atoms with Crippen LogP contribution >= 0.6 is 0 Å². The molecule has 1 saturated carbocycles. The molecule has 0 heterocycles. The minimum Gasteiger partial charge on any atom is -0.480 e. The number of sulfonamides is 1. The van der Waals surface area contributed by atoms with Gasteiger partial charge in [-0.15, -0.1) is 0 Å². The second-order valence-corrected chi connectivity index (χ2v) is 7.28. The van der Waals surface area contributed by atoms with Gasteiger partial charge in [0.05, 0.1) is 5.75 Å². The predicted molar refractivity (Wildman–Crippen MR) is 74.4 cm³/mol. The number of hydrogen-bond acceptors (Lipinski definition) is 3. The molecular formula is C13H25NO4S. The molecule has 1 aliphatic carbocycles. The van der Waals surface area contributed by atoms with Crippen LogP contribution in [0.2, 0.25) is 0 Å². The molecule has 1 fully saturated rings. The molecule has 5 nitrogen and oxygen atoms in total. The van der Waals surface area contributed by atoms with E-state index in [1.807, 2.05) is 6.92 Å². The van der Waals surface area contributed by atoms with Crippen molar-refractivity contribution in [2.24, 2.45) is 5.92 Å². The maximum absolute atomic E-state index is 11.9. The molecule has 6 heteroatoms. The summed E-state index contributed by atoms with van der Waals surface area (Å²) in [7, 11) is -3.48. The summed E-state index contributed by atoms with van der Waals surface area (Å²) in [5.74, 6) is -0.562. The maximum atomic E-state index is 11.9. The van der Waals surface area contributed by atoms with Crippen molar-refractivity contribution in [1.82, 2.24) is 4.72 Å². The van der Waals surface area contributed by atoms with Crippen molar-refractivity contribution in [3.05, 3.63) is 0 Å². The van der Waals surface area contributed by atoms with E-state index < -0.39 is 22.0 Å². The average molecular weight is 291 g/mol. The third-order valence-corrected chi connectivity index (χ3v) is 5.13. The number of nitrogens with one attached hydrogen (secondary N) is 1. The number of rotatable bonds is 8. The van der Waals surface area contributed by atoms with Gasteiger partial charge in [-0.05, 0) is 18.8 Å². The highest BCUT2D eigenvalue weighted by Crippen LogP contribution is 2.26. The van der Waals surface area contributed by atoms with Gasteiger partial charge in [-0.1, -0.05) is 45.4 Å². The smallest absolute Gasteiger partial charge is 0.321 e. The van der Waals surface area contributed by atoms with E-state index in [0.717, 1.165) is 12.8 Å². The average Bonchev–Trinajstić information content (AvgIpc) is 2.37. The van der Waals surface area contributed by atoms with Crippen LogP contribution in [0.4, 0.5) is 0 Å². The Labute approximate surface area is 115 Å². The van der Waals surface area contributed by atoms with Crippen molar-refractivity contribution in [2.45, 2.75) is 64.3 Å². The monoisotopic (exact) mass is 291 g/mol. The molecule has 0 aromatic carbocycles. The molecule has 0 radical (unpaired) electrons. The molecule has 0 saturated heterocycles. The van der Waals surface area contributed by atoms with Gasteiger partial charge in [-0.25, -0.2) is 13.1 Å². The van der Waals surface area contributed by atoms with Crippen molar-refractivity contribution >= 4 is 16.0 Å². The summed E-state index contributed by atoms with van der Waals surface area (Å²) in [4.78, 5) is 10.9. The van der Waals surface area contributed by atoms with Crippen molar-refractivity contribution in [3.8, 4) is 0 Å². The summed E-state index contributed by atoms with van der Waals surface area (Å²) < 4.78 is 26.1. The zero-order valence-corrected chi connectivity index (χ0v) is 12.4. The van der Waals surface area contributed by atoms with Gasteiger partial charge in [0.1, 0.15) is 6.04 Å². The minimum absolute atomic E-state index is 0.0468. The van der Waals surface area contributed by atoms with Crippen LogP contribution in [0.1, 0.15) is 58.3 Å². The minimum atomic E-state index is -3.48. The van der Waals surface area contributed by atoms with Crippen LogP contribution in [0.5, 0.6) is 0 Å². The maximum Gasteiger partial charge on any atom is 0.321 e. The molecule has 1 unspecified atom stereocenters. The fourth-order valence-electron chi connectivity index (χ4n) is 2.59. The summed E-state index contributed by atoms with van der Waals surface area (Å²) in [6.45, 7) is 1.84. The van der Waals surface area contributed by atoms with Gasteiger partial charge < -0.3 is 5.11 Å². The molecule has 0 aliphatic heterocycles. The van der Waals surface area contributed by atoms with E-state index in [0.29, 0.717) is 25.2 Å². The quantitative estimate of drug-likeness (QED) is 0.717. The second kappa shape index (κ2) is 7.85. The summed E-state index contributed by atoms with van der Waals surface area (Å²) >= 11 is 0. The Morgan fingerprint density at radius 2 is 1.95 bits per heavy atom. The van der Waals surface area contributed by atoms with Crippen LogP contribution in [0.15, 0.2) is 0 Å². The van der Waals surface area contributed by atoms with Crippen LogP contribution in [-0.2, 0) is 14.8 Å². The molecule has 0 bridgehead atoms. The van der Waals surface area contributed by atoms with Gasteiger partial charge in [-0.2, -0.15) is 0 Å². The van der Waals surface area contributed by atoms with Crippen molar-refractivity contribution < 1.29 is 18.3 Å². The van der Waals surface area contributed by atoms with Gasteiger partial charge in [-0.3, -0.25) is 4.79 Å². The number of carboxylic acids is 1. The van der Waals surface area contributed by atoms with E-state index in [1.54, 1.807) is 0 Å². The number of carbonyl (C=O) groups is 1. The fourth-order valence-corrected chi connectivity index (χ4v) is 4.01. The molecule has 0 aromatic rings. The molecule has 1 atom stereocenters. The lowest BCUT2D eigenvalue weighted by molar-refractivity contribution is -0.139. The molecule has 0 aromatic heterocycles. The molecular weight excluding hydrogens is 266 g/mol. The Balaban J connectivity index is 2.43. The first-order valence-corrected chi connectivity index (χ1v) is 8.82. The summed E-state index contributed by atoms with van der Waals surface area (Å²) in [6, 6.07) is -0.985. The van der Waals surface area contributed by atoms with Gasteiger partial charge in [0.2, 0.25) is 10.0 Å². The van der Waals surface area contributed by atoms with Crippen LogP contribution in [0.25, 0.3) is 0 Å². The first kappa shape index (κ1) is 16.4. The van der Waals surface area contributed by atoms with Gasteiger partial charge >= 0.3 is 5.97 Å². The molecule has 0 spiro atoms. The Morgan fingerprint density at radius 1 is 1.32 bits per heavy atom. The van der Waals surface area contributed by atoms with E-state index in [4.69, 9.17) is 5.11 Å². The van der Waals surface area contributed by atoms with Crippen LogP contribution in [-0.4, -0.2) is 31.3 Å². The van der Waals surface area contributed by atoms with E-state index in [-0.39, 0.29) is 5.75 Å². The SMILES string of the molecule is CCCC(NS(=O)(=O)CCC1CCCCC1)C(=O)O. The van der Waals surface area contributed by atoms with Crippen LogP contribution < -0.4 is 4.72 Å². The number of hydrogen-bond donors (Lipinski definition) is 2. The molecule has 2 N–H and O–H groups in total. The lowest BCUT2D eigenvalue weighted by Crippen LogP contribution is -2.41. The number of aliphatic carboxylic acids is 1. The fraction of sp³-hybridized carbons (Fsp3) is 0.923. The van der Waals surface area contributed by atoms with Crippen LogP contribution in [0.3, 0.4) is 0 Å². The van der Waals surface area contributed by atoms with Crippen molar-refractivity contribution in [1.29, 1.82) is 0 Å². The van der Waals surface area contributed by atoms with Crippen molar-refractivity contribution in [3.63, 3.8) is 0 Å². The van der Waals surface area contributed by atoms with E-state index in [2.05, 4.69) is 4.72 Å². The van der Waals surface area contributed by atoms with Gasteiger partial charge in [0.15, 0.2) is 0 Å². The Bertz CT molecular complexity index is 374. The molecule has 19 heavy (non-hydrogen) atoms. The van der Waals surface area contributed by atoms with Crippen LogP contribution in [0, 0.1) is 5.92 Å². The standard InChI is InChI=1S/C13H25NO4S/c1-2-6-12(13(15)16)14-19(17,18)10-9-11-7-4-3-5-8-11/h11-12,14H,2-10H2,1H3,(H,15,16). The van der Waals surface area contributed by atoms with E-state index in [9.17, 15) is 13.2 Å². The lowest BCUT2D eigenvalue weighted by atomic mass is 9.88. The highest BCUT2D eigenvalue weighted by atomic mass is 32.2. The van der Waals surface area contributed by atoms with Crippen molar-refractivity contribution in [2.75, 3.05) is 5.75 Å². The normalized spacial score (nSPS) is 19.2. The summed E-state index contributed by atoms with van der Waals surface area (Å²) in [5, 5.41) is 8.96. The predicted octanol–water partition coefficient (Wildman–Crippen LogP) is 2.13. The first-order valence-electron chi connectivity index (χ1n) is 7.17. The third-order valence-electron chi connectivity index (χ3n) is 3.72. The van der Waals surface area contributed by atoms with E-state index in [1.165, 1.54) is 19.3 Å². The molecule has 1 rings (SSSR count). The zero-order chi connectivity index (χ0) is 14.3. The first-order chi connectivity index (χ1) is 8.94. The van der Waals surface area contributed by atoms with Gasteiger partial charge in [0, 0.05) is 0 Å². The number of carboxylic acid groups (broad SMARTS) is 1. The molecule has 1 aliphatic rings. The lowest BCUT2D eigenvalue weighted by Gasteiger charge is -2.21. The van der Waals surface area contributed by atoms with Gasteiger partial charge in [0.25, 0.3) is 0 Å². The summed E-state index contributed by atoms with van der Waals surface area (Å²) in [6.07, 6.45) is 7.45. The second-order valence-electron chi connectivity index (χ2n) is 5.41. The third kappa shape index (κ3) is 6.38. The zero-order valence-electron chi connectivity index (χ0n) is 11.6. The Morgan fingerprint density at radius 3 is 2.47 bits per heavy atom. The Hall–Kier alpha value is -0.620. The molecule has 112 valence electrons. The highest BCUT2D eigenvalue weighted by Gasteiger charge is 2.24. The van der Waals surface area contributed by atoms with E-state index >= 15 is 0 Å². The molecule has 0 amide bonds. The Kier molecular flexibility index (Phi) is 6.79. The topological polar surface area (TPSA) is 83.5 Å².